The summed E-state index contributed by atoms with van der Waals surface area (Å²) in [7, 11) is 4.23. The molecule has 0 fully saturated rings. The number of hydrogen-bond acceptors (Lipinski definition) is 6. The quantitative estimate of drug-likeness (QED) is 0.807. The minimum atomic E-state index is -1.02. The predicted octanol–water partition coefficient (Wildman–Crippen LogP) is 2.03. The van der Waals surface area contributed by atoms with E-state index in [1.165, 1.54) is 27.4 Å². The largest absolute Gasteiger partial charge is 0.507 e. The number of phenols is 1. The van der Waals surface area contributed by atoms with Crippen LogP contribution in [0.15, 0.2) is 12.1 Å². The fraction of sp³-hybridized carbons (Fsp3) is 0.500. The van der Waals surface area contributed by atoms with Crippen LogP contribution in [0.5, 0.6) is 17.2 Å². The van der Waals surface area contributed by atoms with Gasteiger partial charge < -0.3 is 25.1 Å². The van der Waals surface area contributed by atoms with Gasteiger partial charge in [0.1, 0.15) is 17.2 Å². The van der Waals surface area contributed by atoms with E-state index >= 15 is 0 Å². The second-order valence-electron chi connectivity index (χ2n) is 4.95. The third kappa shape index (κ3) is 3.71. The molecule has 6 nitrogen and oxygen atoms in total. The summed E-state index contributed by atoms with van der Waals surface area (Å²) in [5, 5.41) is 10.1. The molecule has 120 valence electrons. The highest BCUT2D eigenvalue weighted by Crippen LogP contribution is 2.43. The monoisotopic (exact) mass is 319 g/mol. The molecule has 0 aliphatic carbocycles. The topological polar surface area (TPSA) is 91.0 Å². The number of aromatic hydroxyl groups is 1. The van der Waals surface area contributed by atoms with Gasteiger partial charge in [0, 0.05) is 12.1 Å². The molecular weight excluding hydrogens is 298 g/mol. The van der Waals surface area contributed by atoms with Gasteiger partial charge in [-0.25, -0.2) is 0 Å². The number of methoxy groups -OCH3 is 3. The van der Waals surface area contributed by atoms with Gasteiger partial charge in [-0.15, -0.1) is 12.4 Å². The number of esters is 1. The number of halogens is 1. The molecule has 1 aromatic carbocycles. The Morgan fingerprint density at radius 3 is 2.24 bits per heavy atom. The average Bonchev–Trinajstić information content (AvgIpc) is 2.44. The minimum absolute atomic E-state index is 0. The first-order valence-corrected chi connectivity index (χ1v) is 6.08. The maximum Gasteiger partial charge on any atom is 0.313 e. The Labute approximate surface area is 130 Å². The lowest BCUT2D eigenvalue weighted by Gasteiger charge is -2.30. The number of ether oxygens (including phenoxy) is 3. The van der Waals surface area contributed by atoms with Crippen LogP contribution in [0.25, 0.3) is 0 Å². The molecular formula is C14H22ClNO5. The molecule has 0 spiro atoms. The van der Waals surface area contributed by atoms with Crippen molar-refractivity contribution < 1.29 is 24.1 Å². The Kier molecular flexibility index (Phi) is 6.79. The molecule has 0 radical (unpaired) electrons. The average molecular weight is 320 g/mol. The van der Waals surface area contributed by atoms with Crippen molar-refractivity contribution in [1.82, 2.24) is 0 Å². The van der Waals surface area contributed by atoms with Gasteiger partial charge in [0.15, 0.2) is 0 Å². The van der Waals surface area contributed by atoms with Crippen LogP contribution in [-0.2, 0) is 9.53 Å². The first kappa shape index (κ1) is 19.3. The zero-order chi connectivity index (χ0) is 15.5. The Balaban J connectivity index is 0.00000400. The fourth-order valence-corrected chi connectivity index (χ4v) is 1.94. The Morgan fingerprint density at radius 1 is 1.24 bits per heavy atom. The molecule has 0 amide bonds. The van der Waals surface area contributed by atoms with Crippen molar-refractivity contribution in [2.45, 2.75) is 19.9 Å². The number of carbonyl (C=O) groups excluding carboxylic acids is 1. The van der Waals surface area contributed by atoms with E-state index in [9.17, 15) is 9.90 Å². The van der Waals surface area contributed by atoms with Crippen molar-refractivity contribution in [3.8, 4) is 17.2 Å². The third-order valence-electron chi connectivity index (χ3n) is 3.35. The number of hydrogen-bond donors (Lipinski definition) is 2. The van der Waals surface area contributed by atoms with Gasteiger partial charge in [-0.05, 0) is 13.8 Å². The van der Waals surface area contributed by atoms with Gasteiger partial charge in [0.25, 0.3) is 0 Å². The Bertz CT molecular complexity index is 504. The van der Waals surface area contributed by atoms with Crippen LogP contribution in [0.3, 0.4) is 0 Å². The van der Waals surface area contributed by atoms with Crippen molar-refractivity contribution in [2.75, 3.05) is 21.3 Å². The number of benzene rings is 1. The highest BCUT2D eigenvalue weighted by molar-refractivity contribution is 5.85. The van der Waals surface area contributed by atoms with Gasteiger partial charge in [-0.1, -0.05) is 0 Å². The lowest BCUT2D eigenvalue weighted by atomic mass is 9.80. The minimum Gasteiger partial charge on any atom is -0.507 e. The van der Waals surface area contributed by atoms with Crippen molar-refractivity contribution in [3.63, 3.8) is 0 Å². The predicted molar refractivity (Wildman–Crippen MR) is 81.2 cm³/mol. The van der Waals surface area contributed by atoms with Crippen LogP contribution in [0.1, 0.15) is 25.5 Å². The zero-order valence-electron chi connectivity index (χ0n) is 12.8. The second kappa shape index (κ2) is 7.38. The van der Waals surface area contributed by atoms with Crippen LogP contribution in [0, 0.1) is 5.41 Å². The van der Waals surface area contributed by atoms with Crippen molar-refractivity contribution in [2.24, 2.45) is 11.1 Å². The summed E-state index contributed by atoms with van der Waals surface area (Å²) in [6.45, 7) is 3.29. The van der Waals surface area contributed by atoms with E-state index in [4.69, 9.17) is 19.9 Å². The van der Waals surface area contributed by atoms with E-state index in [2.05, 4.69) is 0 Å². The van der Waals surface area contributed by atoms with Gasteiger partial charge in [0.2, 0.25) is 0 Å². The van der Waals surface area contributed by atoms with Crippen LogP contribution in [0.4, 0.5) is 0 Å². The normalized spacial score (nSPS) is 12.1. The van der Waals surface area contributed by atoms with Crippen LogP contribution >= 0.6 is 12.4 Å². The van der Waals surface area contributed by atoms with E-state index in [0.717, 1.165) is 0 Å². The third-order valence-corrected chi connectivity index (χ3v) is 3.35. The zero-order valence-corrected chi connectivity index (χ0v) is 13.6. The maximum absolute atomic E-state index is 11.8. The number of phenolic OH excluding ortho intramolecular Hbond substituents is 1. The van der Waals surface area contributed by atoms with Crippen molar-refractivity contribution in [3.05, 3.63) is 17.7 Å². The molecule has 1 rings (SSSR count). The summed E-state index contributed by atoms with van der Waals surface area (Å²) in [4.78, 5) is 11.8. The fourth-order valence-electron chi connectivity index (χ4n) is 1.94. The SMILES string of the molecule is COC(=O)C(C)(C)[C@@H](N)c1c(O)cc(OC)cc1OC.Cl. The van der Waals surface area contributed by atoms with E-state index < -0.39 is 17.4 Å². The van der Waals surface area contributed by atoms with Crippen LogP contribution < -0.4 is 15.2 Å². The lowest BCUT2D eigenvalue weighted by molar-refractivity contribution is -0.152. The lowest BCUT2D eigenvalue weighted by Crippen LogP contribution is -2.37. The molecule has 0 aromatic heterocycles. The van der Waals surface area contributed by atoms with Gasteiger partial charge in [0.05, 0.1) is 38.3 Å². The summed E-state index contributed by atoms with van der Waals surface area (Å²) in [5.41, 5.74) is 5.45. The molecule has 0 unspecified atom stereocenters. The van der Waals surface area contributed by atoms with Crippen LogP contribution in [0.2, 0.25) is 0 Å². The summed E-state index contributed by atoms with van der Waals surface area (Å²) >= 11 is 0. The molecule has 0 aliphatic heterocycles. The smallest absolute Gasteiger partial charge is 0.313 e. The highest BCUT2D eigenvalue weighted by Gasteiger charge is 2.39. The summed E-state index contributed by atoms with van der Waals surface area (Å²) in [6.07, 6.45) is 0. The first-order chi connectivity index (χ1) is 9.29. The number of carbonyl (C=O) groups is 1. The molecule has 1 aromatic rings. The molecule has 3 N–H and O–H groups in total. The van der Waals surface area contributed by atoms with Crippen molar-refractivity contribution in [1.29, 1.82) is 0 Å². The maximum atomic E-state index is 11.8. The molecule has 0 saturated heterocycles. The molecule has 0 aliphatic rings. The Hall–Kier alpha value is -1.66. The first-order valence-electron chi connectivity index (χ1n) is 6.08. The molecule has 1 atom stereocenters. The van der Waals surface area contributed by atoms with Gasteiger partial charge in [-0.2, -0.15) is 0 Å². The van der Waals surface area contributed by atoms with Gasteiger partial charge in [-0.3, -0.25) is 4.79 Å². The Morgan fingerprint density at radius 2 is 1.81 bits per heavy atom. The van der Waals surface area contributed by atoms with E-state index in [1.807, 2.05) is 0 Å². The van der Waals surface area contributed by atoms with Gasteiger partial charge >= 0.3 is 5.97 Å². The van der Waals surface area contributed by atoms with Crippen molar-refractivity contribution >= 4 is 18.4 Å². The highest BCUT2D eigenvalue weighted by atomic mass is 35.5. The summed E-state index contributed by atoms with van der Waals surface area (Å²) < 4.78 is 15.0. The molecule has 0 heterocycles. The molecule has 0 bridgehead atoms. The molecule has 0 saturated carbocycles. The standard InChI is InChI=1S/C14H21NO5.ClH/c1-14(2,13(17)20-5)12(15)11-9(16)6-8(18-3)7-10(11)19-4;/h6-7,12,16H,15H2,1-5H3;1H/t12-;/m0./s1. The van der Waals surface area contributed by atoms with E-state index in [0.29, 0.717) is 17.1 Å². The number of rotatable bonds is 5. The number of nitrogens with two attached hydrogens (primary N) is 1. The van der Waals surface area contributed by atoms with Crippen LogP contribution in [-0.4, -0.2) is 32.4 Å². The van der Waals surface area contributed by atoms with E-state index in [-0.39, 0.29) is 18.2 Å². The summed E-state index contributed by atoms with van der Waals surface area (Å²) in [6, 6.07) is 2.23. The summed E-state index contributed by atoms with van der Waals surface area (Å²) in [5.74, 6) is 0.227. The molecule has 7 heteroatoms. The van der Waals surface area contributed by atoms with E-state index in [1.54, 1.807) is 19.9 Å². The second-order valence-corrected chi connectivity index (χ2v) is 4.95. The molecule has 21 heavy (non-hydrogen) atoms.